The normalized spacial score (nSPS) is 13.2. The molecule has 0 fully saturated rings. The van der Waals surface area contributed by atoms with Crippen molar-refractivity contribution < 1.29 is 14.7 Å². The standard InChI is InChI=1S/C23H39NO3S/c1-6-7-14-22(25)24-21(23(26)27)17-28-16-15-20(5)13-9-12-19(4)11-8-10-18(2)3/h10,12,15,21H,6-9,11,13-14,16-17H2,1-5H3,(H,24,25)(H,26,27)/b19-12+,20-15+. The molecule has 1 amide bonds. The van der Waals surface area contributed by atoms with Crippen molar-refractivity contribution in [3.8, 4) is 0 Å². The minimum atomic E-state index is -0.966. The lowest BCUT2D eigenvalue weighted by molar-refractivity contribution is -0.141. The molecule has 1 atom stereocenters. The summed E-state index contributed by atoms with van der Waals surface area (Å²) in [6, 6.07) is -0.811. The van der Waals surface area contributed by atoms with Gasteiger partial charge < -0.3 is 10.4 Å². The van der Waals surface area contributed by atoms with E-state index < -0.39 is 12.0 Å². The molecule has 0 aromatic rings. The van der Waals surface area contributed by atoms with Crippen LogP contribution in [0.1, 0.15) is 79.6 Å². The lowest BCUT2D eigenvalue weighted by Crippen LogP contribution is -2.42. The van der Waals surface area contributed by atoms with E-state index in [9.17, 15) is 14.7 Å². The lowest BCUT2D eigenvalue weighted by Gasteiger charge is -2.13. The molecule has 4 nitrogen and oxygen atoms in total. The van der Waals surface area contributed by atoms with Crippen LogP contribution in [0.4, 0.5) is 0 Å². The Kier molecular flexibility index (Phi) is 15.6. The molecular weight excluding hydrogens is 370 g/mol. The first kappa shape index (κ1) is 26.5. The van der Waals surface area contributed by atoms with Crippen molar-refractivity contribution in [2.24, 2.45) is 0 Å². The molecule has 0 saturated carbocycles. The van der Waals surface area contributed by atoms with Crippen LogP contribution in [0, 0.1) is 0 Å². The van der Waals surface area contributed by atoms with Gasteiger partial charge >= 0.3 is 5.97 Å². The Morgan fingerprint density at radius 1 is 0.964 bits per heavy atom. The molecular formula is C23H39NO3S. The van der Waals surface area contributed by atoms with Crippen molar-refractivity contribution in [3.05, 3.63) is 34.9 Å². The third-order valence-electron chi connectivity index (χ3n) is 4.35. The summed E-state index contributed by atoms with van der Waals surface area (Å²) in [6.45, 7) is 10.6. The molecule has 0 aliphatic heterocycles. The first-order chi connectivity index (χ1) is 13.3. The SMILES string of the molecule is CCCCC(=O)NC(CSC/C=C(\C)CC/C=C(\C)CCC=C(C)C)C(=O)O. The highest BCUT2D eigenvalue weighted by atomic mass is 32.2. The Hall–Kier alpha value is -1.49. The number of unbranched alkanes of at least 4 members (excludes halogenated alkanes) is 1. The van der Waals surface area contributed by atoms with Gasteiger partial charge in [-0.3, -0.25) is 4.79 Å². The number of amides is 1. The van der Waals surface area contributed by atoms with Crippen LogP contribution in [-0.2, 0) is 9.59 Å². The number of rotatable bonds is 15. The topological polar surface area (TPSA) is 66.4 Å². The molecule has 28 heavy (non-hydrogen) atoms. The number of aliphatic carboxylic acids is 1. The maximum absolute atomic E-state index is 11.7. The van der Waals surface area contributed by atoms with Crippen LogP contribution >= 0.6 is 11.8 Å². The average molecular weight is 410 g/mol. The van der Waals surface area contributed by atoms with Gasteiger partial charge in [0.05, 0.1) is 0 Å². The molecule has 0 heterocycles. The molecule has 0 radical (unpaired) electrons. The van der Waals surface area contributed by atoms with Gasteiger partial charge in [-0.25, -0.2) is 4.79 Å². The number of nitrogens with one attached hydrogen (secondary N) is 1. The van der Waals surface area contributed by atoms with Gasteiger partial charge in [0, 0.05) is 17.9 Å². The molecule has 0 rings (SSSR count). The number of carbonyl (C=O) groups is 2. The van der Waals surface area contributed by atoms with Crippen LogP contribution in [0.2, 0.25) is 0 Å². The van der Waals surface area contributed by atoms with Gasteiger partial charge in [-0.05, 0) is 59.8 Å². The Balaban J connectivity index is 4.15. The molecule has 0 bridgehead atoms. The first-order valence-corrected chi connectivity index (χ1v) is 11.5. The van der Waals surface area contributed by atoms with Gasteiger partial charge in [0.1, 0.15) is 6.04 Å². The van der Waals surface area contributed by atoms with E-state index in [0.29, 0.717) is 12.2 Å². The highest BCUT2D eigenvalue weighted by molar-refractivity contribution is 7.99. The van der Waals surface area contributed by atoms with E-state index in [1.165, 1.54) is 16.7 Å². The van der Waals surface area contributed by atoms with E-state index >= 15 is 0 Å². The van der Waals surface area contributed by atoms with Crippen molar-refractivity contribution in [3.63, 3.8) is 0 Å². The van der Waals surface area contributed by atoms with Gasteiger partial charge in [0.2, 0.25) is 5.91 Å². The predicted molar refractivity (Wildman–Crippen MR) is 122 cm³/mol. The fraction of sp³-hybridized carbons (Fsp3) is 0.652. The van der Waals surface area contributed by atoms with Crippen LogP contribution < -0.4 is 5.32 Å². The van der Waals surface area contributed by atoms with Crippen molar-refractivity contribution in [2.75, 3.05) is 11.5 Å². The zero-order valence-electron chi connectivity index (χ0n) is 18.3. The van der Waals surface area contributed by atoms with E-state index in [2.05, 4.69) is 51.2 Å². The average Bonchev–Trinajstić information content (AvgIpc) is 2.61. The van der Waals surface area contributed by atoms with Crippen molar-refractivity contribution in [1.29, 1.82) is 0 Å². The third kappa shape index (κ3) is 15.6. The van der Waals surface area contributed by atoms with Crippen LogP contribution in [0.3, 0.4) is 0 Å². The first-order valence-electron chi connectivity index (χ1n) is 10.3. The molecule has 0 aliphatic rings. The van der Waals surface area contributed by atoms with Crippen molar-refractivity contribution in [2.45, 2.75) is 85.6 Å². The Morgan fingerprint density at radius 3 is 2.14 bits per heavy atom. The largest absolute Gasteiger partial charge is 0.480 e. The predicted octanol–water partition coefficient (Wildman–Crippen LogP) is 5.90. The highest BCUT2D eigenvalue weighted by Crippen LogP contribution is 2.13. The van der Waals surface area contributed by atoms with E-state index in [0.717, 1.165) is 44.3 Å². The second-order valence-corrected chi connectivity index (χ2v) is 8.63. The maximum Gasteiger partial charge on any atom is 0.327 e. The minimum absolute atomic E-state index is 0.173. The maximum atomic E-state index is 11.7. The lowest BCUT2D eigenvalue weighted by atomic mass is 10.1. The molecule has 0 saturated heterocycles. The summed E-state index contributed by atoms with van der Waals surface area (Å²) in [5.41, 5.74) is 4.12. The molecule has 0 aromatic carbocycles. The smallest absolute Gasteiger partial charge is 0.327 e. The number of carboxylic acids is 1. The Morgan fingerprint density at radius 2 is 1.57 bits per heavy atom. The number of allylic oxidation sites excluding steroid dienone is 5. The summed E-state index contributed by atoms with van der Waals surface area (Å²) in [6.07, 6.45) is 13.1. The minimum Gasteiger partial charge on any atom is -0.480 e. The van der Waals surface area contributed by atoms with Crippen molar-refractivity contribution >= 4 is 23.6 Å². The second-order valence-electron chi connectivity index (χ2n) is 7.56. The number of carbonyl (C=O) groups excluding carboxylic acids is 1. The van der Waals surface area contributed by atoms with Gasteiger partial charge in [0.15, 0.2) is 0 Å². The van der Waals surface area contributed by atoms with Crippen molar-refractivity contribution in [1.82, 2.24) is 5.32 Å². The van der Waals surface area contributed by atoms with Crippen LogP contribution in [0.25, 0.3) is 0 Å². The Labute approximate surface area is 175 Å². The number of carboxylic acid groups (broad SMARTS) is 1. The van der Waals surface area contributed by atoms with Gasteiger partial charge in [-0.15, -0.1) is 0 Å². The molecule has 1 unspecified atom stereocenters. The van der Waals surface area contributed by atoms with Gasteiger partial charge in [0.25, 0.3) is 0 Å². The summed E-state index contributed by atoms with van der Waals surface area (Å²) in [5, 5.41) is 11.9. The monoisotopic (exact) mass is 409 g/mol. The highest BCUT2D eigenvalue weighted by Gasteiger charge is 2.19. The summed E-state index contributed by atoms with van der Waals surface area (Å²) < 4.78 is 0. The van der Waals surface area contributed by atoms with Crippen LogP contribution in [0.15, 0.2) is 34.9 Å². The van der Waals surface area contributed by atoms with Gasteiger partial charge in [-0.2, -0.15) is 11.8 Å². The molecule has 160 valence electrons. The fourth-order valence-electron chi connectivity index (χ4n) is 2.50. The second kappa shape index (κ2) is 16.5. The zero-order chi connectivity index (χ0) is 21.4. The number of hydrogen-bond acceptors (Lipinski definition) is 3. The van der Waals surface area contributed by atoms with E-state index in [4.69, 9.17) is 0 Å². The molecule has 2 N–H and O–H groups in total. The Bertz CT molecular complexity index is 560. The van der Waals surface area contributed by atoms with Gasteiger partial charge in [-0.1, -0.05) is 48.3 Å². The van der Waals surface area contributed by atoms with Crippen LogP contribution in [0.5, 0.6) is 0 Å². The summed E-state index contributed by atoms with van der Waals surface area (Å²) in [5.74, 6) is 0.0180. The number of hydrogen-bond donors (Lipinski definition) is 2. The van der Waals surface area contributed by atoms with Crippen LogP contribution in [-0.4, -0.2) is 34.5 Å². The summed E-state index contributed by atoms with van der Waals surface area (Å²) in [4.78, 5) is 23.0. The molecule has 0 aromatic heterocycles. The fourth-order valence-corrected chi connectivity index (χ4v) is 3.50. The number of thioether (sulfide) groups is 1. The van der Waals surface area contributed by atoms with E-state index in [1.807, 2.05) is 6.92 Å². The van der Waals surface area contributed by atoms with E-state index in [1.54, 1.807) is 11.8 Å². The zero-order valence-corrected chi connectivity index (χ0v) is 19.2. The van der Waals surface area contributed by atoms with E-state index in [-0.39, 0.29) is 5.91 Å². The quantitative estimate of drug-likeness (QED) is 0.261. The summed E-state index contributed by atoms with van der Waals surface area (Å²) in [7, 11) is 0. The third-order valence-corrected chi connectivity index (χ3v) is 5.32. The molecule has 5 heteroatoms. The summed E-state index contributed by atoms with van der Waals surface area (Å²) >= 11 is 1.54. The molecule has 0 spiro atoms. The molecule has 0 aliphatic carbocycles.